The standard InChI is InChI=1S/C16H10F3N3O2/c1-8-2-4-9(5-3-8)15-21-22-16(24-15)14(23)20-11-7-6-10(17)12(18)13(11)19/h2-7H,1H3,(H,20,23). The Morgan fingerprint density at radius 2 is 1.71 bits per heavy atom. The van der Waals surface area contributed by atoms with E-state index in [0.29, 0.717) is 11.6 Å². The second kappa shape index (κ2) is 6.15. The number of aromatic nitrogens is 2. The first-order valence-corrected chi connectivity index (χ1v) is 6.81. The minimum absolute atomic E-state index is 0.103. The number of hydrogen-bond donors (Lipinski definition) is 1. The largest absolute Gasteiger partial charge is 0.412 e. The summed E-state index contributed by atoms with van der Waals surface area (Å²) in [6, 6.07) is 8.72. The topological polar surface area (TPSA) is 68.0 Å². The van der Waals surface area contributed by atoms with Crippen molar-refractivity contribution in [1.29, 1.82) is 0 Å². The molecule has 0 unspecified atom stereocenters. The van der Waals surface area contributed by atoms with Crippen molar-refractivity contribution < 1.29 is 22.4 Å². The minimum atomic E-state index is -1.68. The van der Waals surface area contributed by atoms with Gasteiger partial charge in [0, 0.05) is 5.56 Å². The van der Waals surface area contributed by atoms with Gasteiger partial charge in [-0.3, -0.25) is 4.79 Å². The van der Waals surface area contributed by atoms with E-state index in [1.807, 2.05) is 19.1 Å². The molecule has 0 fully saturated rings. The highest BCUT2D eigenvalue weighted by atomic mass is 19.2. The van der Waals surface area contributed by atoms with E-state index in [0.717, 1.165) is 11.6 Å². The van der Waals surface area contributed by atoms with Crippen LogP contribution >= 0.6 is 0 Å². The molecule has 8 heteroatoms. The summed E-state index contributed by atoms with van der Waals surface area (Å²) in [6.07, 6.45) is 0. The Bertz CT molecular complexity index is 907. The van der Waals surface area contributed by atoms with Crippen LogP contribution in [0.15, 0.2) is 40.8 Å². The van der Waals surface area contributed by atoms with Crippen LogP contribution in [0.1, 0.15) is 16.2 Å². The fraction of sp³-hybridized carbons (Fsp3) is 0.0625. The predicted octanol–water partition coefficient (Wildman–Crippen LogP) is 3.71. The Balaban J connectivity index is 1.82. The Hall–Kier alpha value is -3.16. The van der Waals surface area contributed by atoms with E-state index >= 15 is 0 Å². The molecule has 0 saturated carbocycles. The van der Waals surface area contributed by atoms with E-state index < -0.39 is 34.9 Å². The SMILES string of the molecule is Cc1ccc(-c2nnc(C(=O)Nc3ccc(F)c(F)c3F)o2)cc1. The average molecular weight is 333 g/mol. The summed E-state index contributed by atoms with van der Waals surface area (Å²) >= 11 is 0. The predicted molar refractivity (Wildman–Crippen MR) is 78.7 cm³/mol. The van der Waals surface area contributed by atoms with Gasteiger partial charge in [0.15, 0.2) is 17.5 Å². The number of carbonyl (C=O) groups excluding carboxylic acids is 1. The first-order chi connectivity index (χ1) is 11.5. The van der Waals surface area contributed by atoms with Gasteiger partial charge in [-0.15, -0.1) is 10.2 Å². The highest BCUT2D eigenvalue weighted by molar-refractivity contribution is 6.01. The molecule has 0 radical (unpaired) electrons. The summed E-state index contributed by atoms with van der Waals surface area (Å²) in [4.78, 5) is 12.0. The zero-order valence-corrected chi connectivity index (χ0v) is 12.3. The molecule has 0 aliphatic carbocycles. The van der Waals surface area contributed by atoms with Crippen LogP contribution in [0.4, 0.5) is 18.9 Å². The van der Waals surface area contributed by atoms with Crippen LogP contribution in [-0.2, 0) is 0 Å². The van der Waals surface area contributed by atoms with Crippen molar-refractivity contribution in [1.82, 2.24) is 10.2 Å². The van der Waals surface area contributed by atoms with Crippen molar-refractivity contribution >= 4 is 11.6 Å². The molecule has 0 aliphatic heterocycles. The van der Waals surface area contributed by atoms with Crippen LogP contribution in [-0.4, -0.2) is 16.1 Å². The molecular formula is C16H10F3N3O2. The number of hydrogen-bond acceptors (Lipinski definition) is 4. The van der Waals surface area contributed by atoms with E-state index in [1.54, 1.807) is 12.1 Å². The van der Waals surface area contributed by atoms with Crippen LogP contribution < -0.4 is 5.32 Å². The fourth-order valence-corrected chi connectivity index (χ4v) is 1.93. The van der Waals surface area contributed by atoms with Crippen LogP contribution in [0.25, 0.3) is 11.5 Å². The maximum atomic E-state index is 13.6. The zero-order valence-electron chi connectivity index (χ0n) is 12.3. The van der Waals surface area contributed by atoms with Crippen LogP contribution in [0.3, 0.4) is 0 Å². The molecule has 0 aliphatic rings. The molecule has 24 heavy (non-hydrogen) atoms. The number of nitrogens with zero attached hydrogens (tertiary/aromatic N) is 2. The zero-order chi connectivity index (χ0) is 17.3. The lowest BCUT2D eigenvalue weighted by atomic mass is 10.1. The molecule has 0 bridgehead atoms. The molecule has 3 rings (SSSR count). The summed E-state index contributed by atoms with van der Waals surface area (Å²) in [5, 5.41) is 9.34. The smallest absolute Gasteiger partial charge is 0.313 e. The fourth-order valence-electron chi connectivity index (χ4n) is 1.93. The molecule has 1 aromatic heterocycles. The molecule has 1 N–H and O–H groups in total. The van der Waals surface area contributed by atoms with E-state index in [-0.39, 0.29) is 5.89 Å². The van der Waals surface area contributed by atoms with Crippen molar-refractivity contribution in [3.05, 3.63) is 65.3 Å². The number of anilines is 1. The average Bonchev–Trinajstić information content (AvgIpc) is 3.06. The molecule has 122 valence electrons. The van der Waals surface area contributed by atoms with Crippen molar-refractivity contribution in [3.63, 3.8) is 0 Å². The number of carbonyl (C=O) groups is 1. The van der Waals surface area contributed by atoms with E-state index in [1.165, 1.54) is 0 Å². The van der Waals surface area contributed by atoms with Crippen LogP contribution in [0.2, 0.25) is 0 Å². The highest BCUT2D eigenvalue weighted by Gasteiger charge is 2.20. The number of nitrogens with one attached hydrogen (secondary N) is 1. The van der Waals surface area contributed by atoms with Crippen LogP contribution in [0, 0.1) is 24.4 Å². The minimum Gasteiger partial charge on any atom is -0.412 e. The third-order valence-electron chi connectivity index (χ3n) is 3.20. The molecule has 1 amide bonds. The molecule has 0 atom stereocenters. The molecule has 3 aromatic rings. The van der Waals surface area contributed by atoms with Gasteiger partial charge in [-0.05, 0) is 31.2 Å². The first kappa shape index (κ1) is 15.7. The summed E-state index contributed by atoms with van der Waals surface area (Å²) in [5.41, 5.74) is 1.10. The Labute approximate surface area is 134 Å². The number of halogens is 3. The van der Waals surface area contributed by atoms with Gasteiger partial charge in [-0.25, -0.2) is 13.2 Å². The second-order valence-corrected chi connectivity index (χ2v) is 4.96. The van der Waals surface area contributed by atoms with E-state index in [9.17, 15) is 18.0 Å². The number of rotatable bonds is 3. The van der Waals surface area contributed by atoms with Gasteiger partial charge in [-0.2, -0.15) is 0 Å². The maximum absolute atomic E-state index is 13.6. The lowest BCUT2D eigenvalue weighted by Gasteiger charge is -2.04. The Kier molecular flexibility index (Phi) is 4.03. The van der Waals surface area contributed by atoms with Gasteiger partial charge in [-0.1, -0.05) is 17.7 Å². The monoisotopic (exact) mass is 333 g/mol. The van der Waals surface area contributed by atoms with Gasteiger partial charge in [0.1, 0.15) is 0 Å². The third kappa shape index (κ3) is 2.98. The van der Waals surface area contributed by atoms with E-state index in [4.69, 9.17) is 4.42 Å². The van der Waals surface area contributed by atoms with Crippen molar-refractivity contribution in [3.8, 4) is 11.5 Å². The van der Waals surface area contributed by atoms with Gasteiger partial charge in [0.25, 0.3) is 0 Å². The molecule has 0 spiro atoms. The number of benzene rings is 2. The third-order valence-corrected chi connectivity index (χ3v) is 3.20. The van der Waals surface area contributed by atoms with Gasteiger partial charge >= 0.3 is 11.8 Å². The maximum Gasteiger partial charge on any atom is 0.313 e. The lowest BCUT2D eigenvalue weighted by Crippen LogP contribution is -2.14. The molecular weight excluding hydrogens is 323 g/mol. The lowest BCUT2D eigenvalue weighted by molar-refractivity contribution is 0.0990. The summed E-state index contributed by atoms with van der Waals surface area (Å²) in [5.74, 6) is -5.82. The number of amides is 1. The van der Waals surface area contributed by atoms with Crippen molar-refractivity contribution in [2.45, 2.75) is 6.92 Å². The quantitative estimate of drug-likeness (QED) is 0.742. The van der Waals surface area contributed by atoms with E-state index in [2.05, 4.69) is 15.5 Å². The molecule has 1 heterocycles. The number of aryl methyl sites for hydroxylation is 1. The Morgan fingerprint density at radius 1 is 1.00 bits per heavy atom. The summed E-state index contributed by atoms with van der Waals surface area (Å²) in [6.45, 7) is 1.91. The summed E-state index contributed by atoms with van der Waals surface area (Å²) < 4.78 is 44.8. The normalized spacial score (nSPS) is 10.7. The van der Waals surface area contributed by atoms with Crippen LogP contribution in [0.5, 0.6) is 0 Å². The van der Waals surface area contributed by atoms with Gasteiger partial charge in [0.05, 0.1) is 5.69 Å². The van der Waals surface area contributed by atoms with Gasteiger partial charge < -0.3 is 9.73 Å². The molecule has 0 saturated heterocycles. The first-order valence-electron chi connectivity index (χ1n) is 6.81. The highest BCUT2D eigenvalue weighted by Crippen LogP contribution is 2.21. The Morgan fingerprint density at radius 3 is 2.42 bits per heavy atom. The van der Waals surface area contributed by atoms with Gasteiger partial charge in [0.2, 0.25) is 5.89 Å². The van der Waals surface area contributed by atoms with Crippen molar-refractivity contribution in [2.24, 2.45) is 0 Å². The van der Waals surface area contributed by atoms with Crippen molar-refractivity contribution in [2.75, 3.05) is 5.32 Å². The summed E-state index contributed by atoms with van der Waals surface area (Å²) in [7, 11) is 0. The molecule has 5 nitrogen and oxygen atoms in total. The second-order valence-electron chi connectivity index (χ2n) is 4.96. The molecule has 2 aromatic carbocycles.